The van der Waals surface area contributed by atoms with Crippen molar-refractivity contribution in [2.24, 2.45) is 0 Å². The molecule has 0 aliphatic heterocycles. The summed E-state index contributed by atoms with van der Waals surface area (Å²) in [6.45, 7) is 0. The van der Waals surface area contributed by atoms with Crippen LogP contribution in [0.15, 0.2) is 42.5 Å². The number of carbonyl (C=O) groups is 1. The average Bonchev–Trinajstić information content (AvgIpc) is 2.83. The van der Waals surface area contributed by atoms with Gasteiger partial charge in [0.1, 0.15) is 0 Å². The van der Waals surface area contributed by atoms with Gasteiger partial charge in [0, 0.05) is 5.56 Å². The van der Waals surface area contributed by atoms with Gasteiger partial charge in [-0.2, -0.15) is 0 Å². The summed E-state index contributed by atoms with van der Waals surface area (Å²) < 4.78 is 0.535. The molecule has 4 nitrogen and oxygen atoms in total. The Hall–Kier alpha value is -2.05. The van der Waals surface area contributed by atoms with Crippen molar-refractivity contribution >= 4 is 45.4 Å². The van der Waals surface area contributed by atoms with Crippen LogP contribution in [0.3, 0.4) is 0 Å². The Morgan fingerprint density at radius 1 is 1.21 bits per heavy atom. The van der Waals surface area contributed by atoms with Crippen molar-refractivity contribution in [2.75, 3.05) is 5.32 Å². The highest BCUT2D eigenvalue weighted by molar-refractivity contribution is 7.73. The maximum absolute atomic E-state index is 12.2. The van der Waals surface area contributed by atoms with E-state index in [9.17, 15) is 4.79 Å². The number of hydrogen-bond donors (Lipinski definition) is 2. The van der Waals surface area contributed by atoms with Crippen molar-refractivity contribution in [2.45, 2.75) is 0 Å². The predicted molar refractivity (Wildman–Crippen MR) is 79.2 cm³/mol. The van der Waals surface area contributed by atoms with E-state index in [0.29, 0.717) is 14.6 Å². The Labute approximate surface area is 118 Å². The van der Waals surface area contributed by atoms with Crippen LogP contribution in [0, 0.1) is 3.95 Å². The number of anilines is 1. The van der Waals surface area contributed by atoms with Gasteiger partial charge in [-0.15, -0.1) is 5.10 Å². The van der Waals surface area contributed by atoms with Gasteiger partial charge < -0.3 is 0 Å². The number of hydrogen-bond acceptors (Lipinski definition) is 4. The number of rotatable bonds is 2. The lowest BCUT2D eigenvalue weighted by Gasteiger charge is -2.05. The molecular weight excluding hydrogens is 278 g/mol. The molecule has 0 radical (unpaired) electrons. The van der Waals surface area contributed by atoms with E-state index < -0.39 is 0 Å². The zero-order valence-corrected chi connectivity index (χ0v) is 11.3. The molecule has 0 saturated heterocycles. The Morgan fingerprint density at radius 2 is 2.00 bits per heavy atom. The minimum absolute atomic E-state index is 0.186. The Kier molecular flexibility index (Phi) is 3.10. The maximum atomic E-state index is 12.2. The average molecular weight is 287 g/mol. The molecule has 2 N–H and O–H groups in total. The SMILES string of the molecule is O=C(Nc1n[nH]c(=S)s1)c1cccc2ccccc12. The smallest absolute Gasteiger partial charge is 0.258 e. The zero-order chi connectivity index (χ0) is 13.2. The Bertz CT molecular complexity index is 801. The van der Waals surface area contributed by atoms with E-state index in [4.69, 9.17) is 12.2 Å². The fourth-order valence-electron chi connectivity index (χ4n) is 1.87. The second-order valence-electron chi connectivity index (χ2n) is 3.90. The summed E-state index contributed by atoms with van der Waals surface area (Å²) in [5.41, 5.74) is 0.624. The second-order valence-corrected chi connectivity index (χ2v) is 5.56. The van der Waals surface area contributed by atoms with E-state index in [-0.39, 0.29) is 5.91 Å². The molecule has 0 unspecified atom stereocenters. The molecule has 6 heteroatoms. The van der Waals surface area contributed by atoms with Crippen LogP contribution in [0.1, 0.15) is 10.4 Å². The summed E-state index contributed by atoms with van der Waals surface area (Å²) in [4.78, 5) is 12.2. The third-order valence-corrected chi connectivity index (χ3v) is 3.70. The predicted octanol–water partition coefficient (Wildman–Crippen LogP) is 3.61. The van der Waals surface area contributed by atoms with Gasteiger partial charge in [-0.1, -0.05) is 47.7 Å². The molecular formula is C13H9N3OS2. The summed E-state index contributed by atoms with van der Waals surface area (Å²) >= 11 is 6.16. The van der Waals surface area contributed by atoms with Gasteiger partial charge in [0.15, 0.2) is 3.95 Å². The highest BCUT2D eigenvalue weighted by Gasteiger charge is 2.11. The first kappa shape index (κ1) is 12.0. The number of aromatic nitrogens is 2. The summed E-state index contributed by atoms with van der Waals surface area (Å²) in [6.07, 6.45) is 0. The number of fused-ring (bicyclic) bond motifs is 1. The van der Waals surface area contributed by atoms with E-state index in [1.807, 2.05) is 36.4 Å². The third kappa shape index (κ3) is 2.40. The van der Waals surface area contributed by atoms with Crippen molar-refractivity contribution in [1.82, 2.24) is 10.2 Å². The molecule has 0 saturated carbocycles. The zero-order valence-electron chi connectivity index (χ0n) is 9.71. The Morgan fingerprint density at radius 3 is 2.79 bits per heavy atom. The van der Waals surface area contributed by atoms with Crippen molar-refractivity contribution in [3.05, 3.63) is 52.0 Å². The quantitative estimate of drug-likeness (QED) is 0.708. The lowest BCUT2D eigenvalue weighted by molar-refractivity contribution is 0.102. The number of carbonyl (C=O) groups excluding carboxylic acids is 1. The summed E-state index contributed by atoms with van der Waals surface area (Å²) in [5, 5.41) is 11.7. The highest BCUT2D eigenvalue weighted by atomic mass is 32.1. The van der Waals surface area contributed by atoms with Crippen LogP contribution in [0.25, 0.3) is 10.8 Å². The van der Waals surface area contributed by atoms with Crippen LogP contribution in [0.4, 0.5) is 5.13 Å². The van der Waals surface area contributed by atoms with Crippen LogP contribution < -0.4 is 5.32 Å². The standard InChI is InChI=1S/C13H9N3OS2/c17-11(14-12-15-16-13(18)19-12)10-7-3-5-8-4-1-2-6-9(8)10/h1-7H,(H,16,18)(H,14,15,17). The molecule has 2 aromatic carbocycles. The molecule has 0 spiro atoms. The molecule has 1 aromatic heterocycles. The number of amides is 1. The largest absolute Gasteiger partial charge is 0.296 e. The Balaban J connectivity index is 2.00. The molecule has 1 heterocycles. The molecule has 0 atom stereocenters. The van der Waals surface area contributed by atoms with E-state index in [2.05, 4.69) is 15.5 Å². The third-order valence-electron chi connectivity index (χ3n) is 2.69. The number of aromatic amines is 1. The normalized spacial score (nSPS) is 10.5. The van der Waals surface area contributed by atoms with Crippen LogP contribution in [0.2, 0.25) is 0 Å². The molecule has 0 aliphatic rings. The van der Waals surface area contributed by atoms with Crippen LogP contribution in [0.5, 0.6) is 0 Å². The van der Waals surface area contributed by atoms with Crippen molar-refractivity contribution < 1.29 is 4.79 Å². The first-order valence-corrected chi connectivity index (χ1v) is 6.81. The number of benzene rings is 2. The van der Waals surface area contributed by atoms with Gasteiger partial charge in [0.2, 0.25) is 5.13 Å². The van der Waals surface area contributed by atoms with Gasteiger partial charge >= 0.3 is 0 Å². The van der Waals surface area contributed by atoms with Gasteiger partial charge in [-0.25, -0.2) is 0 Å². The molecule has 3 aromatic rings. The van der Waals surface area contributed by atoms with E-state index in [1.54, 1.807) is 6.07 Å². The highest BCUT2D eigenvalue weighted by Crippen LogP contribution is 2.20. The summed E-state index contributed by atoms with van der Waals surface area (Å²) in [7, 11) is 0. The topological polar surface area (TPSA) is 57.8 Å². The van der Waals surface area contributed by atoms with Gasteiger partial charge in [-0.05, 0) is 29.1 Å². The molecule has 0 fully saturated rings. The van der Waals surface area contributed by atoms with Gasteiger partial charge in [-0.3, -0.25) is 15.2 Å². The van der Waals surface area contributed by atoms with Crippen molar-refractivity contribution in [3.8, 4) is 0 Å². The summed E-state index contributed by atoms with van der Waals surface area (Å²) in [6, 6.07) is 13.4. The first-order chi connectivity index (χ1) is 9.24. The van der Waals surface area contributed by atoms with E-state index in [0.717, 1.165) is 10.8 Å². The fraction of sp³-hybridized carbons (Fsp3) is 0. The fourth-order valence-corrected chi connectivity index (χ4v) is 2.66. The minimum atomic E-state index is -0.186. The molecule has 1 amide bonds. The molecule has 0 bridgehead atoms. The number of nitrogens with zero attached hydrogens (tertiary/aromatic N) is 1. The second kappa shape index (κ2) is 4.91. The van der Waals surface area contributed by atoms with Crippen molar-refractivity contribution in [1.29, 1.82) is 0 Å². The van der Waals surface area contributed by atoms with E-state index in [1.165, 1.54) is 11.3 Å². The van der Waals surface area contributed by atoms with Crippen molar-refractivity contribution in [3.63, 3.8) is 0 Å². The van der Waals surface area contributed by atoms with Crippen LogP contribution in [-0.2, 0) is 0 Å². The lowest BCUT2D eigenvalue weighted by Crippen LogP contribution is -2.12. The summed E-state index contributed by atoms with van der Waals surface area (Å²) in [5.74, 6) is -0.186. The molecule has 3 rings (SSSR count). The maximum Gasteiger partial charge on any atom is 0.258 e. The van der Waals surface area contributed by atoms with Crippen LogP contribution in [-0.4, -0.2) is 16.1 Å². The monoisotopic (exact) mass is 287 g/mol. The lowest BCUT2D eigenvalue weighted by atomic mass is 10.0. The molecule has 0 aliphatic carbocycles. The molecule has 19 heavy (non-hydrogen) atoms. The van der Waals surface area contributed by atoms with Gasteiger partial charge in [0.05, 0.1) is 0 Å². The molecule has 94 valence electrons. The number of nitrogens with one attached hydrogen (secondary N) is 2. The van der Waals surface area contributed by atoms with Gasteiger partial charge in [0.25, 0.3) is 5.91 Å². The van der Waals surface area contributed by atoms with Crippen LogP contribution >= 0.6 is 23.6 Å². The number of H-pyrrole nitrogens is 1. The minimum Gasteiger partial charge on any atom is -0.296 e. The first-order valence-electron chi connectivity index (χ1n) is 5.59. The van der Waals surface area contributed by atoms with E-state index >= 15 is 0 Å².